The van der Waals surface area contributed by atoms with Crippen LogP contribution >= 0.6 is 11.3 Å². The largest absolute Gasteiger partial charge is 0.481 e. The summed E-state index contributed by atoms with van der Waals surface area (Å²) in [7, 11) is 0. The van der Waals surface area contributed by atoms with E-state index in [0.717, 1.165) is 49.0 Å². The molecule has 0 bridgehead atoms. The zero-order valence-corrected chi connectivity index (χ0v) is 25.4. The second-order valence-electron chi connectivity index (χ2n) is 11.3. The first-order chi connectivity index (χ1) is 19.9. The molecule has 1 atom stereocenters. The highest BCUT2D eigenvalue weighted by Gasteiger charge is 2.32. The summed E-state index contributed by atoms with van der Waals surface area (Å²) < 4.78 is 12.8. The summed E-state index contributed by atoms with van der Waals surface area (Å²) in [5.41, 5.74) is 6.23. The van der Waals surface area contributed by atoms with Crippen molar-refractivity contribution in [2.75, 3.05) is 6.61 Å². The Morgan fingerprint density at radius 1 is 0.952 bits per heavy atom. The topological polar surface area (TPSA) is 116 Å². The zero-order chi connectivity index (χ0) is 30.2. The highest BCUT2D eigenvalue weighted by atomic mass is 32.1. The molecule has 0 radical (unpaired) electrons. The van der Waals surface area contributed by atoms with Gasteiger partial charge in [0.1, 0.15) is 29.1 Å². The number of nitrogens with zero attached hydrogens (tertiary/aromatic N) is 4. The van der Waals surface area contributed by atoms with E-state index in [1.165, 1.54) is 0 Å². The molecule has 10 heteroatoms. The van der Waals surface area contributed by atoms with Crippen LogP contribution in [-0.2, 0) is 25.7 Å². The number of carbonyl (C=O) groups is 2. The molecule has 0 fully saturated rings. The van der Waals surface area contributed by atoms with Gasteiger partial charge in [-0.2, -0.15) is 0 Å². The number of aliphatic carboxylic acids is 1. The fraction of sp³-hybridized carbons (Fsp3) is 0.344. The number of fused-ring (bicyclic) bond motifs is 3. The van der Waals surface area contributed by atoms with E-state index in [4.69, 9.17) is 14.5 Å². The molecule has 0 spiro atoms. The first-order valence-electron chi connectivity index (χ1n) is 13.7. The van der Waals surface area contributed by atoms with Crippen LogP contribution in [0.2, 0.25) is 0 Å². The van der Waals surface area contributed by atoms with Crippen molar-refractivity contribution in [1.29, 1.82) is 0 Å². The monoisotopic (exact) mass is 586 g/mol. The lowest BCUT2D eigenvalue weighted by molar-refractivity contribution is -0.160. The predicted octanol–water partition coefficient (Wildman–Crippen LogP) is 6.15. The molecule has 42 heavy (non-hydrogen) atoms. The van der Waals surface area contributed by atoms with Crippen LogP contribution in [0.15, 0.2) is 53.5 Å². The van der Waals surface area contributed by atoms with E-state index in [1.807, 2.05) is 80.8 Å². The van der Waals surface area contributed by atoms with Crippen LogP contribution in [0, 0.1) is 20.8 Å². The molecule has 0 saturated heterocycles. The van der Waals surface area contributed by atoms with Crippen molar-refractivity contribution in [1.82, 2.24) is 14.8 Å². The molecule has 5 rings (SSSR count). The van der Waals surface area contributed by atoms with Gasteiger partial charge in [-0.1, -0.05) is 48.5 Å². The number of aliphatic imine (C=N–C) groups is 1. The van der Waals surface area contributed by atoms with Gasteiger partial charge >= 0.3 is 11.9 Å². The van der Waals surface area contributed by atoms with E-state index in [9.17, 15) is 14.7 Å². The van der Waals surface area contributed by atoms with Gasteiger partial charge in [0, 0.05) is 16.0 Å². The zero-order valence-electron chi connectivity index (χ0n) is 24.6. The Labute approximate surface area is 248 Å². The second kappa shape index (κ2) is 11.6. The quantitative estimate of drug-likeness (QED) is 0.246. The summed E-state index contributed by atoms with van der Waals surface area (Å²) in [6, 6.07) is 15.5. The minimum absolute atomic E-state index is 0.0972. The molecular formula is C32H34N4O5S. The molecule has 4 aromatic rings. The van der Waals surface area contributed by atoms with Crippen molar-refractivity contribution < 1.29 is 24.2 Å². The van der Waals surface area contributed by atoms with Crippen molar-refractivity contribution in [2.24, 2.45) is 4.99 Å². The van der Waals surface area contributed by atoms with Crippen LogP contribution in [0.25, 0.3) is 16.1 Å². The average molecular weight is 587 g/mol. The molecule has 0 saturated carbocycles. The lowest BCUT2D eigenvalue weighted by atomic mass is 9.96. The van der Waals surface area contributed by atoms with Crippen LogP contribution in [0.3, 0.4) is 0 Å². The third kappa shape index (κ3) is 6.19. The van der Waals surface area contributed by atoms with Crippen molar-refractivity contribution in [3.63, 3.8) is 0 Å². The number of esters is 1. The maximum absolute atomic E-state index is 11.9. The summed E-state index contributed by atoms with van der Waals surface area (Å²) in [6.07, 6.45) is -0.180. The van der Waals surface area contributed by atoms with Crippen molar-refractivity contribution in [3.8, 4) is 16.1 Å². The lowest BCUT2D eigenvalue weighted by Crippen LogP contribution is -2.26. The van der Waals surface area contributed by atoms with Gasteiger partial charge in [0.15, 0.2) is 5.82 Å². The van der Waals surface area contributed by atoms with Crippen molar-refractivity contribution >= 4 is 29.0 Å². The fourth-order valence-corrected chi connectivity index (χ4v) is 6.14. The minimum Gasteiger partial charge on any atom is -0.481 e. The third-order valence-electron chi connectivity index (χ3n) is 6.96. The van der Waals surface area contributed by atoms with Gasteiger partial charge in [-0.3, -0.25) is 14.4 Å². The lowest BCUT2D eigenvalue weighted by Gasteiger charge is -2.19. The molecule has 0 amide bonds. The molecule has 1 aliphatic rings. The van der Waals surface area contributed by atoms with E-state index >= 15 is 0 Å². The maximum Gasteiger partial charge on any atom is 0.332 e. The summed E-state index contributed by atoms with van der Waals surface area (Å²) in [5, 5.41) is 19.2. The standard InChI is InChI=1S/C32H34N4O5S/c1-18-19(2)42-31-28(18)29(33-25(15-26(37)38)30-35-34-20(3)36(30)31)24-13-11-23(12-14-24)22-9-7-21(8-10-22)16-40-17-27(39)41-32(4,5)6/h7-14,25H,15-17H2,1-6H3,(H,37,38)/t25-/m0/s1. The number of carboxylic acids is 1. The Bertz CT molecular complexity index is 1660. The fourth-order valence-electron chi connectivity index (χ4n) is 4.93. The Morgan fingerprint density at radius 3 is 2.19 bits per heavy atom. The van der Waals surface area contributed by atoms with Gasteiger partial charge in [0.05, 0.1) is 18.7 Å². The van der Waals surface area contributed by atoms with Gasteiger partial charge in [-0.05, 0) is 63.8 Å². The van der Waals surface area contributed by atoms with Crippen LogP contribution < -0.4 is 0 Å². The van der Waals surface area contributed by atoms with Gasteiger partial charge in [-0.25, -0.2) is 4.79 Å². The number of hydrogen-bond acceptors (Lipinski definition) is 8. The van der Waals surface area contributed by atoms with Gasteiger partial charge in [0.25, 0.3) is 0 Å². The molecule has 0 unspecified atom stereocenters. The van der Waals surface area contributed by atoms with E-state index < -0.39 is 17.6 Å². The first kappa shape index (κ1) is 29.3. The number of rotatable bonds is 8. The summed E-state index contributed by atoms with van der Waals surface area (Å²) in [5.74, 6) is -0.0848. The number of hydrogen-bond donors (Lipinski definition) is 1. The van der Waals surface area contributed by atoms with E-state index in [2.05, 4.69) is 24.0 Å². The number of carboxylic acid groups (broad SMARTS) is 1. The Kier molecular flexibility index (Phi) is 8.12. The summed E-state index contributed by atoms with van der Waals surface area (Å²) >= 11 is 1.64. The van der Waals surface area contributed by atoms with Gasteiger partial charge < -0.3 is 14.6 Å². The van der Waals surface area contributed by atoms with Gasteiger partial charge in [-0.15, -0.1) is 21.5 Å². The molecule has 218 valence electrons. The van der Waals surface area contributed by atoms with Crippen LogP contribution in [0.5, 0.6) is 0 Å². The van der Waals surface area contributed by atoms with Crippen molar-refractivity contribution in [2.45, 2.75) is 66.2 Å². The van der Waals surface area contributed by atoms with E-state index in [0.29, 0.717) is 18.3 Å². The highest BCUT2D eigenvalue weighted by molar-refractivity contribution is 7.15. The minimum atomic E-state index is -0.942. The number of aryl methyl sites for hydroxylation is 2. The van der Waals surface area contributed by atoms with Gasteiger partial charge in [0.2, 0.25) is 0 Å². The SMILES string of the molecule is Cc1sc2c(c1C)C(c1ccc(-c3ccc(COCC(=O)OC(C)(C)C)cc3)cc1)=N[C@@H](CC(=O)O)c1nnc(C)n1-2. The molecular weight excluding hydrogens is 552 g/mol. The first-order valence-corrected chi connectivity index (χ1v) is 14.5. The normalized spacial score (nSPS) is 14.5. The second-order valence-corrected chi connectivity index (χ2v) is 12.6. The number of benzene rings is 2. The van der Waals surface area contributed by atoms with E-state index in [-0.39, 0.29) is 19.0 Å². The molecule has 2 aromatic heterocycles. The average Bonchev–Trinajstić information content (AvgIpc) is 3.40. The summed E-state index contributed by atoms with van der Waals surface area (Å²) in [4.78, 5) is 29.8. The molecule has 9 nitrogen and oxygen atoms in total. The number of thiophene rings is 1. The van der Waals surface area contributed by atoms with Crippen LogP contribution in [0.4, 0.5) is 0 Å². The molecule has 1 N–H and O–H groups in total. The van der Waals surface area contributed by atoms with E-state index in [1.54, 1.807) is 11.3 Å². The molecule has 2 aromatic carbocycles. The van der Waals surface area contributed by atoms with Crippen molar-refractivity contribution in [3.05, 3.63) is 87.3 Å². The molecule has 3 heterocycles. The number of ether oxygens (including phenoxy) is 2. The highest BCUT2D eigenvalue weighted by Crippen LogP contribution is 2.39. The number of carbonyl (C=O) groups excluding carboxylic acids is 1. The Hall–Kier alpha value is -4.15. The third-order valence-corrected chi connectivity index (χ3v) is 8.15. The predicted molar refractivity (Wildman–Crippen MR) is 161 cm³/mol. The Balaban J connectivity index is 1.39. The molecule has 1 aliphatic heterocycles. The summed E-state index contributed by atoms with van der Waals surface area (Å²) in [6.45, 7) is 11.7. The van der Waals surface area contributed by atoms with Crippen LogP contribution in [0.1, 0.15) is 72.0 Å². The van der Waals surface area contributed by atoms with Crippen LogP contribution in [-0.4, -0.2) is 49.7 Å². The number of aromatic nitrogens is 3. The molecule has 0 aliphatic carbocycles. The maximum atomic E-state index is 11.9. The smallest absolute Gasteiger partial charge is 0.332 e. The Morgan fingerprint density at radius 2 is 1.57 bits per heavy atom.